The van der Waals surface area contributed by atoms with E-state index < -0.39 is 10.0 Å². The molecule has 0 aliphatic carbocycles. The van der Waals surface area contributed by atoms with Crippen molar-refractivity contribution in [3.8, 4) is 0 Å². The van der Waals surface area contributed by atoms with E-state index in [-0.39, 0.29) is 30.4 Å². The molecule has 7 nitrogen and oxygen atoms in total. The molecule has 1 amide bonds. The molecule has 0 spiro atoms. The van der Waals surface area contributed by atoms with E-state index in [4.69, 9.17) is 5.90 Å². The number of sulfonamides is 1. The second kappa shape index (κ2) is 5.25. The lowest BCUT2D eigenvalue weighted by Crippen LogP contribution is -2.28. The van der Waals surface area contributed by atoms with Gasteiger partial charge in [0.25, 0.3) is 0 Å². The number of hydrogen-bond acceptors (Lipinski definition) is 5. The van der Waals surface area contributed by atoms with Crippen LogP contribution >= 0.6 is 0 Å². The number of likely N-dealkylation sites (N-methyl/N-ethyl adjacent to an activating group) is 1. The van der Waals surface area contributed by atoms with E-state index in [1.54, 1.807) is 13.1 Å². The van der Waals surface area contributed by atoms with Crippen LogP contribution in [0.25, 0.3) is 0 Å². The molecule has 1 heterocycles. The van der Waals surface area contributed by atoms with Crippen molar-refractivity contribution in [3.05, 3.63) is 23.8 Å². The number of benzene rings is 1. The van der Waals surface area contributed by atoms with Crippen LogP contribution in [0.4, 0.5) is 5.69 Å². The molecule has 2 rings (SSSR count). The number of anilines is 1. The van der Waals surface area contributed by atoms with Crippen LogP contribution in [0, 0.1) is 0 Å². The van der Waals surface area contributed by atoms with Gasteiger partial charge in [0.15, 0.2) is 0 Å². The minimum Gasteiger partial charge on any atom is -0.315 e. The summed E-state index contributed by atoms with van der Waals surface area (Å²) in [5.74, 6) is 4.78. The highest BCUT2D eigenvalue weighted by molar-refractivity contribution is 7.89. The van der Waals surface area contributed by atoms with Gasteiger partial charge in [-0.1, -0.05) is 0 Å². The number of carbonyl (C=O) groups is 1. The Labute approximate surface area is 111 Å². The molecular formula is C11H15N3O4S. The fourth-order valence-corrected chi connectivity index (χ4v) is 3.00. The first-order valence-corrected chi connectivity index (χ1v) is 7.15. The fourth-order valence-electron chi connectivity index (χ4n) is 1.93. The van der Waals surface area contributed by atoms with Gasteiger partial charge in [0.1, 0.15) is 0 Å². The molecule has 0 aromatic heterocycles. The van der Waals surface area contributed by atoms with Crippen LogP contribution in [0.1, 0.15) is 5.56 Å². The number of nitrogens with one attached hydrogen (secondary N) is 1. The van der Waals surface area contributed by atoms with Crippen LogP contribution in [0.15, 0.2) is 23.1 Å². The van der Waals surface area contributed by atoms with Gasteiger partial charge in [-0.05, 0) is 23.8 Å². The van der Waals surface area contributed by atoms with Crippen LogP contribution in [0.2, 0.25) is 0 Å². The largest absolute Gasteiger partial charge is 0.315 e. The van der Waals surface area contributed by atoms with Gasteiger partial charge in [0.2, 0.25) is 15.9 Å². The van der Waals surface area contributed by atoms with Crippen LogP contribution < -0.4 is 15.5 Å². The van der Waals surface area contributed by atoms with Gasteiger partial charge in [0, 0.05) is 19.3 Å². The smallest absolute Gasteiger partial charge is 0.240 e. The van der Waals surface area contributed by atoms with E-state index in [0.717, 1.165) is 5.69 Å². The molecule has 3 N–H and O–H groups in total. The molecule has 0 bridgehead atoms. The minimum absolute atomic E-state index is 0.0472. The van der Waals surface area contributed by atoms with Crippen LogP contribution in [0.5, 0.6) is 0 Å². The zero-order valence-electron chi connectivity index (χ0n) is 10.4. The van der Waals surface area contributed by atoms with E-state index in [0.29, 0.717) is 5.56 Å². The van der Waals surface area contributed by atoms with Crippen molar-refractivity contribution >= 4 is 21.6 Å². The third-order valence-electron chi connectivity index (χ3n) is 2.95. The first kappa shape index (κ1) is 13.9. The number of nitrogens with zero attached hydrogens (tertiary/aromatic N) is 1. The Balaban J connectivity index is 2.24. The Bertz CT molecular complexity index is 600. The van der Waals surface area contributed by atoms with E-state index >= 15 is 0 Å². The van der Waals surface area contributed by atoms with Gasteiger partial charge in [-0.3, -0.25) is 4.79 Å². The van der Waals surface area contributed by atoms with Crippen molar-refractivity contribution in [1.82, 2.24) is 4.72 Å². The van der Waals surface area contributed by atoms with Gasteiger partial charge >= 0.3 is 0 Å². The predicted molar refractivity (Wildman–Crippen MR) is 68.9 cm³/mol. The lowest BCUT2D eigenvalue weighted by atomic mass is 10.2. The highest BCUT2D eigenvalue weighted by Gasteiger charge is 2.26. The summed E-state index contributed by atoms with van der Waals surface area (Å²) in [5, 5.41) is 0. The van der Waals surface area contributed by atoms with E-state index in [9.17, 15) is 13.2 Å². The van der Waals surface area contributed by atoms with Crippen molar-refractivity contribution in [3.63, 3.8) is 0 Å². The molecule has 0 radical (unpaired) electrons. The molecule has 0 saturated carbocycles. The summed E-state index contributed by atoms with van der Waals surface area (Å²) in [6, 6.07) is 4.62. The average Bonchev–Trinajstić information content (AvgIpc) is 2.65. The van der Waals surface area contributed by atoms with Gasteiger partial charge in [0.05, 0.1) is 17.9 Å². The molecule has 0 saturated heterocycles. The number of rotatable bonds is 5. The molecule has 0 atom stereocenters. The highest BCUT2D eigenvalue weighted by Crippen LogP contribution is 2.29. The Hall–Kier alpha value is -1.48. The van der Waals surface area contributed by atoms with E-state index in [1.807, 2.05) is 0 Å². The molecule has 1 aromatic rings. The molecule has 1 aliphatic rings. The molecular weight excluding hydrogens is 270 g/mol. The molecule has 1 aromatic carbocycles. The van der Waals surface area contributed by atoms with E-state index in [2.05, 4.69) is 9.56 Å². The average molecular weight is 285 g/mol. The van der Waals surface area contributed by atoms with Gasteiger partial charge in [-0.2, -0.15) is 0 Å². The van der Waals surface area contributed by atoms with Crippen LogP contribution in [-0.4, -0.2) is 34.5 Å². The summed E-state index contributed by atoms with van der Waals surface area (Å²) in [7, 11) is -1.94. The minimum atomic E-state index is -3.60. The summed E-state index contributed by atoms with van der Waals surface area (Å²) in [6.07, 6.45) is 0.223. The first-order chi connectivity index (χ1) is 8.95. The topological polar surface area (TPSA) is 102 Å². The second-order valence-electron chi connectivity index (χ2n) is 4.19. The number of hydrogen-bond donors (Lipinski definition) is 2. The third kappa shape index (κ3) is 2.76. The number of amides is 1. The van der Waals surface area contributed by atoms with Crippen molar-refractivity contribution in [2.45, 2.75) is 11.3 Å². The quantitative estimate of drug-likeness (QED) is 0.554. The fraction of sp³-hybridized carbons (Fsp3) is 0.364. The Morgan fingerprint density at radius 3 is 2.89 bits per heavy atom. The van der Waals surface area contributed by atoms with Crippen molar-refractivity contribution < 1.29 is 18.0 Å². The normalized spacial score (nSPS) is 14.8. The second-order valence-corrected chi connectivity index (χ2v) is 5.96. The lowest BCUT2D eigenvalue weighted by Gasteiger charge is -2.11. The van der Waals surface area contributed by atoms with Crippen molar-refractivity contribution in [2.75, 3.05) is 25.1 Å². The molecule has 1 aliphatic heterocycles. The van der Waals surface area contributed by atoms with Gasteiger partial charge in [-0.25, -0.2) is 19.0 Å². The van der Waals surface area contributed by atoms with Crippen molar-refractivity contribution in [2.24, 2.45) is 5.90 Å². The summed E-state index contributed by atoms with van der Waals surface area (Å²) >= 11 is 0. The van der Waals surface area contributed by atoms with Gasteiger partial charge < -0.3 is 9.74 Å². The highest BCUT2D eigenvalue weighted by atomic mass is 32.2. The maximum absolute atomic E-state index is 12.0. The van der Waals surface area contributed by atoms with Gasteiger partial charge in [-0.15, -0.1) is 0 Å². The molecule has 0 unspecified atom stereocenters. The Morgan fingerprint density at radius 2 is 2.21 bits per heavy atom. The molecule has 0 fully saturated rings. The maximum Gasteiger partial charge on any atom is 0.240 e. The first-order valence-electron chi connectivity index (χ1n) is 5.66. The van der Waals surface area contributed by atoms with E-state index in [1.165, 1.54) is 17.0 Å². The Kier molecular flexibility index (Phi) is 3.85. The van der Waals surface area contributed by atoms with Crippen LogP contribution in [-0.2, 0) is 26.1 Å². The Morgan fingerprint density at radius 1 is 1.47 bits per heavy atom. The third-order valence-corrected chi connectivity index (χ3v) is 4.41. The standard InChI is InChI=1S/C11H15N3O4S/c1-14-10-3-2-9(6-8(10)7-11(14)15)19(16,17)13-4-5-18-12/h2-3,6,13H,4-5,7,12H2,1H3. The molecule has 19 heavy (non-hydrogen) atoms. The zero-order valence-corrected chi connectivity index (χ0v) is 11.2. The summed E-state index contributed by atoms with van der Waals surface area (Å²) in [4.78, 5) is 17.5. The summed E-state index contributed by atoms with van der Waals surface area (Å²) in [5.41, 5.74) is 1.46. The number of carbonyl (C=O) groups excluding carboxylic acids is 1. The number of fused-ring (bicyclic) bond motifs is 1. The zero-order chi connectivity index (χ0) is 14.0. The SMILES string of the molecule is CN1C(=O)Cc2cc(S(=O)(=O)NCCON)ccc21. The summed E-state index contributed by atoms with van der Waals surface area (Å²) < 4.78 is 26.3. The lowest BCUT2D eigenvalue weighted by molar-refractivity contribution is -0.117. The maximum atomic E-state index is 12.0. The predicted octanol–water partition coefficient (Wildman–Crippen LogP) is -0.626. The monoisotopic (exact) mass is 285 g/mol. The van der Waals surface area contributed by atoms with Crippen LogP contribution in [0.3, 0.4) is 0 Å². The summed E-state index contributed by atoms with van der Waals surface area (Å²) in [6.45, 7) is 0.181. The molecule has 8 heteroatoms. The molecule has 104 valence electrons. The number of nitrogens with two attached hydrogens (primary N) is 1. The van der Waals surface area contributed by atoms with Crippen molar-refractivity contribution in [1.29, 1.82) is 0 Å².